The van der Waals surface area contributed by atoms with Gasteiger partial charge in [-0.25, -0.2) is 0 Å². The van der Waals surface area contributed by atoms with E-state index in [1.165, 1.54) is 11.3 Å². The SMILES string of the molecule is C#CCn1c(=NC(=O)C(C)C)sc2cccc(C)c21. The van der Waals surface area contributed by atoms with Gasteiger partial charge < -0.3 is 4.57 Å². The molecule has 0 fully saturated rings. The topological polar surface area (TPSA) is 34.4 Å². The average molecular weight is 272 g/mol. The number of rotatable bonds is 2. The summed E-state index contributed by atoms with van der Waals surface area (Å²) in [5, 5.41) is 0. The van der Waals surface area contributed by atoms with Crippen LogP contribution in [0.5, 0.6) is 0 Å². The van der Waals surface area contributed by atoms with E-state index in [0.29, 0.717) is 11.3 Å². The largest absolute Gasteiger partial charge is 0.304 e. The Morgan fingerprint density at radius 1 is 1.53 bits per heavy atom. The van der Waals surface area contributed by atoms with E-state index >= 15 is 0 Å². The Bertz CT molecular complexity index is 729. The maximum atomic E-state index is 11.8. The summed E-state index contributed by atoms with van der Waals surface area (Å²) in [6, 6.07) is 6.07. The van der Waals surface area contributed by atoms with Crippen LogP contribution in [0.25, 0.3) is 10.2 Å². The molecule has 0 aliphatic rings. The molecule has 98 valence electrons. The third kappa shape index (κ3) is 2.61. The number of para-hydroxylation sites is 1. The number of fused-ring (bicyclic) bond motifs is 1. The minimum absolute atomic E-state index is 0.106. The van der Waals surface area contributed by atoms with E-state index in [1.54, 1.807) is 0 Å². The Kier molecular flexibility index (Phi) is 3.87. The highest BCUT2D eigenvalue weighted by atomic mass is 32.1. The van der Waals surface area contributed by atoms with Crippen LogP contribution in [-0.4, -0.2) is 10.5 Å². The molecule has 0 radical (unpaired) electrons. The fourth-order valence-corrected chi connectivity index (χ4v) is 2.97. The minimum atomic E-state index is -0.116. The number of aromatic nitrogens is 1. The monoisotopic (exact) mass is 272 g/mol. The third-order valence-electron chi connectivity index (χ3n) is 2.85. The van der Waals surface area contributed by atoms with E-state index in [2.05, 4.69) is 10.9 Å². The fraction of sp³-hybridized carbons (Fsp3) is 0.333. The molecule has 2 aromatic rings. The van der Waals surface area contributed by atoms with Crippen molar-refractivity contribution in [1.82, 2.24) is 4.57 Å². The van der Waals surface area contributed by atoms with E-state index in [4.69, 9.17) is 6.42 Å². The van der Waals surface area contributed by atoms with Crippen LogP contribution in [0.1, 0.15) is 19.4 Å². The number of carbonyl (C=O) groups is 1. The molecule has 0 atom stereocenters. The first-order valence-corrected chi connectivity index (χ1v) is 6.97. The number of aryl methyl sites for hydroxylation is 1. The molecule has 0 N–H and O–H groups in total. The number of benzene rings is 1. The van der Waals surface area contributed by atoms with Crippen LogP contribution >= 0.6 is 11.3 Å². The van der Waals surface area contributed by atoms with Gasteiger partial charge in [0.1, 0.15) is 0 Å². The number of hydrogen-bond acceptors (Lipinski definition) is 2. The molecule has 2 rings (SSSR count). The summed E-state index contributed by atoms with van der Waals surface area (Å²) in [6.45, 7) is 6.15. The molecule has 0 spiro atoms. The van der Waals surface area contributed by atoms with Crippen molar-refractivity contribution in [3.63, 3.8) is 0 Å². The molecule has 0 aliphatic heterocycles. The van der Waals surface area contributed by atoms with Crippen molar-refractivity contribution in [3.05, 3.63) is 28.6 Å². The molecular weight excluding hydrogens is 256 g/mol. The van der Waals surface area contributed by atoms with Gasteiger partial charge in [-0.2, -0.15) is 4.99 Å². The Morgan fingerprint density at radius 3 is 2.89 bits per heavy atom. The van der Waals surface area contributed by atoms with Crippen LogP contribution in [0.15, 0.2) is 23.2 Å². The number of carbonyl (C=O) groups excluding carboxylic acids is 1. The highest BCUT2D eigenvalue weighted by Gasteiger charge is 2.10. The molecule has 0 saturated heterocycles. The molecule has 0 bridgehead atoms. The molecule has 1 amide bonds. The molecule has 19 heavy (non-hydrogen) atoms. The number of hydrogen-bond donors (Lipinski definition) is 0. The zero-order valence-electron chi connectivity index (χ0n) is 11.3. The zero-order chi connectivity index (χ0) is 14.0. The summed E-state index contributed by atoms with van der Waals surface area (Å²) in [6.07, 6.45) is 5.43. The predicted molar refractivity (Wildman–Crippen MR) is 78.8 cm³/mol. The van der Waals surface area contributed by atoms with Crippen LogP contribution in [-0.2, 0) is 11.3 Å². The van der Waals surface area contributed by atoms with Crippen LogP contribution in [0, 0.1) is 25.2 Å². The molecule has 4 heteroatoms. The Labute approximate surface area is 116 Å². The van der Waals surface area contributed by atoms with Crippen molar-refractivity contribution in [1.29, 1.82) is 0 Å². The average Bonchev–Trinajstić information content (AvgIpc) is 2.69. The van der Waals surface area contributed by atoms with Crippen LogP contribution in [0.4, 0.5) is 0 Å². The lowest BCUT2D eigenvalue weighted by Crippen LogP contribution is -2.18. The smallest absolute Gasteiger partial charge is 0.250 e. The van der Waals surface area contributed by atoms with Gasteiger partial charge in [0, 0.05) is 5.92 Å². The Hall–Kier alpha value is -1.86. The first kappa shape index (κ1) is 13.6. The van der Waals surface area contributed by atoms with E-state index in [1.807, 2.05) is 43.5 Å². The van der Waals surface area contributed by atoms with Gasteiger partial charge in [-0.05, 0) is 18.6 Å². The van der Waals surface area contributed by atoms with E-state index in [0.717, 1.165) is 15.8 Å². The van der Waals surface area contributed by atoms with E-state index in [9.17, 15) is 4.79 Å². The molecular formula is C15H16N2OS. The quantitative estimate of drug-likeness (QED) is 0.774. The summed E-state index contributed by atoms with van der Waals surface area (Å²) in [7, 11) is 0. The lowest BCUT2D eigenvalue weighted by Gasteiger charge is -2.03. The summed E-state index contributed by atoms with van der Waals surface area (Å²) in [5.74, 6) is 2.41. The number of thiazole rings is 1. The summed E-state index contributed by atoms with van der Waals surface area (Å²) >= 11 is 1.50. The molecule has 1 aromatic carbocycles. The summed E-state index contributed by atoms with van der Waals surface area (Å²) < 4.78 is 3.04. The molecule has 3 nitrogen and oxygen atoms in total. The zero-order valence-corrected chi connectivity index (χ0v) is 12.1. The Morgan fingerprint density at radius 2 is 2.26 bits per heavy atom. The molecule has 1 heterocycles. The first-order valence-electron chi connectivity index (χ1n) is 6.15. The highest BCUT2D eigenvalue weighted by Crippen LogP contribution is 2.20. The number of amides is 1. The van der Waals surface area contributed by atoms with Crippen LogP contribution in [0.3, 0.4) is 0 Å². The molecule has 0 saturated carbocycles. The van der Waals surface area contributed by atoms with Gasteiger partial charge in [0.2, 0.25) is 0 Å². The third-order valence-corrected chi connectivity index (χ3v) is 3.90. The summed E-state index contributed by atoms with van der Waals surface area (Å²) in [5.41, 5.74) is 2.21. The highest BCUT2D eigenvalue weighted by molar-refractivity contribution is 7.16. The van der Waals surface area contributed by atoms with Gasteiger partial charge in [-0.3, -0.25) is 4.79 Å². The lowest BCUT2D eigenvalue weighted by atomic mass is 10.2. The van der Waals surface area contributed by atoms with Gasteiger partial charge in [-0.15, -0.1) is 6.42 Å². The van der Waals surface area contributed by atoms with Crippen molar-refractivity contribution in [2.75, 3.05) is 0 Å². The normalized spacial score (nSPS) is 12.1. The molecule has 0 unspecified atom stereocenters. The van der Waals surface area contributed by atoms with Gasteiger partial charge in [0.05, 0.1) is 16.8 Å². The van der Waals surface area contributed by atoms with Crippen molar-refractivity contribution in [2.45, 2.75) is 27.3 Å². The summed E-state index contributed by atoms with van der Waals surface area (Å²) in [4.78, 5) is 16.7. The second kappa shape index (κ2) is 5.41. The molecule has 1 aromatic heterocycles. The lowest BCUT2D eigenvalue weighted by molar-refractivity contribution is -0.120. The predicted octanol–water partition coefficient (Wildman–Crippen LogP) is 2.73. The maximum Gasteiger partial charge on any atom is 0.250 e. The van der Waals surface area contributed by atoms with Crippen molar-refractivity contribution < 1.29 is 4.79 Å². The second-order valence-corrected chi connectivity index (χ2v) is 5.71. The van der Waals surface area contributed by atoms with Crippen molar-refractivity contribution >= 4 is 27.5 Å². The van der Waals surface area contributed by atoms with Gasteiger partial charge in [-0.1, -0.05) is 43.2 Å². The van der Waals surface area contributed by atoms with E-state index < -0.39 is 0 Å². The first-order chi connectivity index (χ1) is 9.04. The van der Waals surface area contributed by atoms with Gasteiger partial charge >= 0.3 is 0 Å². The van der Waals surface area contributed by atoms with Gasteiger partial charge in [0.15, 0.2) is 4.80 Å². The second-order valence-electron chi connectivity index (χ2n) is 4.70. The van der Waals surface area contributed by atoms with Crippen LogP contribution < -0.4 is 4.80 Å². The molecule has 0 aliphatic carbocycles. The van der Waals surface area contributed by atoms with Crippen LogP contribution in [0.2, 0.25) is 0 Å². The number of nitrogens with zero attached hydrogens (tertiary/aromatic N) is 2. The van der Waals surface area contributed by atoms with Crippen molar-refractivity contribution in [2.24, 2.45) is 10.9 Å². The maximum absolute atomic E-state index is 11.8. The minimum Gasteiger partial charge on any atom is -0.304 e. The van der Waals surface area contributed by atoms with Crippen molar-refractivity contribution in [3.8, 4) is 12.3 Å². The standard InChI is InChI=1S/C15H16N2OS/c1-5-9-17-13-11(4)7-6-8-12(13)19-15(17)16-14(18)10(2)3/h1,6-8,10H,9H2,2-4H3. The number of terminal acetylenes is 1. The van der Waals surface area contributed by atoms with Gasteiger partial charge in [0.25, 0.3) is 5.91 Å². The Balaban J connectivity index is 2.75. The fourth-order valence-electron chi connectivity index (χ4n) is 1.85. The van der Waals surface area contributed by atoms with E-state index in [-0.39, 0.29) is 11.8 Å².